The van der Waals surface area contributed by atoms with Crippen molar-refractivity contribution in [3.05, 3.63) is 28.2 Å². The number of carbonyl (C=O) groups is 1. The summed E-state index contributed by atoms with van der Waals surface area (Å²) < 4.78 is 0.815. The zero-order valence-electron chi connectivity index (χ0n) is 10.6. The zero-order valence-corrected chi connectivity index (χ0v) is 12.1. The molecular formula is C14H17BrN2O2. The van der Waals surface area contributed by atoms with E-state index in [2.05, 4.69) is 15.9 Å². The van der Waals surface area contributed by atoms with E-state index in [4.69, 9.17) is 5.73 Å². The predicted molar refractivity (Wildman–Crippen MR) is 76.7 cm³/mol. The molecule has 5 heteroatoms. The van der Waals surface area contributed by atoms with Crippen LogP contribution in [0.3, 0.4) is 0 Å². The van der Waals surface area contributed by atoms with E-state index in [1.165, 1.54) is 0 Å². The van der Waals surface area contributed by atoms with Gasteiger partial charge in [-0.2, -0.15) is 0 Å². The highest BCUT2D eigenvalue weighted by atomic mass is 79.9. The first kappa shape index (κ1) is 12.9. The first-order chi connectivity index (χ1) is 9.04. The van der Waals surface area contributed by atoms with Gasteiger partial charge in [0.15, 0.2) is 0 Å². The number of hydrogen-bond acceptors (Lipinski definition) is 3. The lowest BCUT2D eigenvalue weighted by molar-refractivity contribution is 0.0752. The number of amides is 1. The molecule has 102 valence electrons. The fourth-order valence-electron chi connectivity index (χ4n) is 3.32. The summed E-state index contributed by atoms with van der Waals surface area (Å²) in [6, 6.07) is 5.28. The number of nitrogens with two attached hydrogens (primary N) is 1. The van der Waals surface area contributed by atoms with E-state index < -0.39 is 0 Å². The maximum Gasteiger partial charge on any atom is 0.253 e. The molecule has 0 bridgehead atoms. The second-order valence-electron chi connectivity index (χ2n) is 5.55. The number of aliphatic hydroxyl groups is 1. The van der Waals surface area contributed by atoms with Gasteiger partial charge < -0.3 is 15.7 Å². The summed E-state index contributed by atoms with van der Waals surface area (Å²) in [5, 5.41) is 9.89. The second-order valence-corrected chi connectivity index (χ2v) is 6.47. The Morgan fingerprint density at radius 1 is 1.32 bits per heavy atom. The standard InChI is InChI=1S/C14H17BrN2O2/c15-10-3-9(4-11(16)5-10)14(19)17-6-8-1-2-13(18)12(8)7-17/h3-5,8,12-13,18H,1-2,6-7,16H2. The summed E-state index contributed by atoms with van der Waals surface area (Å²) in [5.74, 6) is 0.728. The molecule has 4 nitrogen and oxygen atoms in total. The average molecular weight is 325 g/mol. The van der Waals surface area contributed by atoms with Gasteiger partial charge in [0.25, 0.3) is 5.91 Å². The Bertz CT molecular complexity index is 500. The number of likely N-dealkylation sites (tertiary alicyclic amines) is 1. The predicted octanol–water partition coefficient (Wildman–Crippen LogP) is 1.87. The summed E-state index contributed by atoms with van der Waals surface area (Å²) in [6.07, 6.45) is 1.66. The van der Waals surface area contributed by atoms with E-state index in [1.807, 2.05) is 4.90 Å². The van der Waals surface area contributed by atoms with Gasteiger partial charge in [0.1, 0.15) is 0 Å². The van der Waals surface area contributed by atoms with Gasteiger partial charge in [-0.1, -0.05) is 15.9 Å². The number of aliphatic hydroxyl groups excluding tert-OH is 1. The number of benzene rings is 1. The molecule has 2 fully saturated rings. The molecule has 1 amide bonds. The third-order valence-electron chi connectivity index (χ3n) is 4.27. The van der Waals surface area contributed by atoms with E-state index in [9.17, 15) is 9.90 Å². The van der Waals surface area contributed by atoms with Gasteiger partial charge in [0.2, 0.25) is 0 Å². The third kappa shape index (κ3) is 2.37. The molecule has 1 saturated heterocycles. The van der Waals surface area contributed by atoms with Gasteiger partial charge in [-0.05, 0) is 37.0 Å². The number of fused-ring (bicyclic) bond motifs is 1. The van der Waals surface area contributed by atoms with Crippen molar-refractivity contribution < 1.29 is 9.90 Å². The fourth-order valence-corrected chi connectivity index (χ4v) is 3.83. The normalized spacial score (nSPS) is 29.6. The Hall–Kier alpha value is -1.07. The number of hydrogen-bond donors (Lipinski definition) is 2. The summed E-state index contributed by atoms with van der Waals surface area (Å²) in [4.78, 5) is 14.3. The maximum absolute atomic E-state index is 12.5. The van der Waals surface area contributed by atoms with E-state index in [0.717, 1.165) is 23.9 Å². The smallest absolute Gasteiger partial charge is 0.253 e. The number of carbonyl (C=O) groups excluding carboxylic acids is 1. The summed E-state index contributed by atoms with van der Waals surface area (Å²) in [6.45, 7) is 1.42. The van der Waals surface area contributed by atoms with Gasteiger partial charge in [0, 0.05) is 34.7 Å². The molecule has 1 aromatic rings. The molecule has 0 spiro atoms. The van der Waals surface area contributed by atoms with Gasteiger partial charge in [-0.3, -0.25) is 4.79 Å². The van der Waals surface area contributed by atoms with Crippen molar-refractivity contribution >= 4 is 27.5 Å². The van der Waals surface area contributed by atoms with E-state index in [1.54, 1.807) is 18.2 Å². The molecule has 19 heavy (non-hydrogen) atoms. The zero-order chi connectivity index (χ0) is 13.6. The highest BCUT2D eigenvalue weighted by Gasteiger charge is 2.43. The van der Waals surface area contributed by atoms with Crippen LogP contribution in [-0.2, 0) is 0 Å². The van der Waals surface area contributed by atoms with Crippen molar-refractivity contribution in [1.82, 2.24) is 4.90 Å². The highest BCUT2D eigenvalue weighted by Crippen LogP contribution is 2.38. The van der Waals surface area contributed by atoms with Crippen molar-refractivity contribution in [2.24, 2.45) is 11.8 Å². The Labute approximate surface area is 120 Å². The topological polar surface area (TPSA) is 66.6 Å². The van der Waals surface area contributed by atoms with Gasteiger partial charge >= 0.3 is 0 Å². The molecule has 1 aromatic carbocycles. The molecule has 0 aromatic heterocycles. The van der Waals surface area contributed by atoms with E-state index in [-0.39, 0.29) is 17.9 Å². The quantitative estimate of drug-likeness (QED) is 0.775. The summed E-state index contributed by atoms with van der Waals surface area (Å²) in [7, 11) is 0. The number of rotatable bonds is 1. The van der Waals surface area contributed by atoms with Gasteiger partial charge in [-0.25, -0.2) is 0 Å². The lowest BCUT2D eigenvalue weighted by Crippen LogP contribution is -2.31. The number of halogens is 1. The molecule has 1 aliphatic carbocycles. The molecule has 2 aliphatic rings. The second kappa shape index (κ2) is 4.80. The van der Waals surface area contributed by atoms with Crippen LogP contribution < -0.4 is 5.73 Å². The molecule has 1 saturated carbocycles. The minimum atomic E-state index is -0.240. The number of nitrogen functional groups attached to an aromatic ring is 1. The molecule has 3 atom stereocenters. The van der Waals surface area contributed by atoms with E-state index in [0.29, 0.717) is 23.7 Å². The van der Waals surface area contributed by atoms with Crippen LogP contribution in [0.1, 0.15) is 23.2 Å². The largest absolute Gasteiger partial charge is 0.399 e. The van der Waals surface area contributed by atoms with Crippen molar-refractivity contribution in [1.29, 1.82) is 0 Å². The Balaban J connectivity index is 1.78. The first-order valence-electron chi connectivity index (χ1n) is 6.58. The Morgan fingerprint density at radius 3 is 2.79 bits per heavy atom. The molecule has 1 aliphatic heterocycles. The number of anilines is 1. The molecular weight excluding hydrogens is 308 g/mol. The summed E-state index contributed by atoms with van der Waals surface area (Å²) >= 11 is 3.36. The molecule has 3 rings (SSSR count). The molecule has 1 heterocycles. The van der Waals surface area contributed by atoms with Crippen LogP contribution in [0.4, 0.5) is 5.69 Å². The van der Waals surface area contributed by atoms with Crippen LogP contribution in [0.15, 0.2) is 22.7 Å². The van der Waals surface area contributed by atoms with Crippen LogP contribution in [0, 0.1) is 11.8 Å². The SMILES string of the molecule is Nc1cc(Br)cc(C(=O)N2CC3CCC(O)C3C2)c1. The Kier molecular flexibility index (Phi) is 3.27. The average Bonchev–Trinajstić information content (AvgIpc) is 2.90. The van der Waals surface area contributed by atoms with Crippen LogP contribution >= 0.6 is 15.9 Å². The van der Waals surface area contributed by atoms with Crippen LogP contribution in [-0.4, -0.2) is 35.1 Å². The van der Waals surface area contributed by atoms with Crippen molar-refractivity contribution in [2.45, 2.75) is 18.9 Å². The van der Waals surface area contributed by atoms with Crippen LogP contribution in [0.2, 0.25) is 0 Å². The minimum absolute atomic E-state index is 0.00889. The first-order valence-corrected chi connectivity index (χ1v) is 7.37. The summed E-state index contributed by atoms with van der Waals surface area (Å²) in [5.41, 5.74) is 6.96. The molecule has 0 radical (unpaired) electrons. The van der Waals surface area contributed by atoms with Gasteiger partial charge in [-0.15, -0.1) is 0 Å². The van der Waals surface area contributed by atoms with Crippen molar-refractivity contribution in [3.63, 3.8) is 0 Å². The molecule has 3 N–H and O–H groups in total. The highest BCUT2D eigenvalue weighted by molar-refractivity contribution is 9.10. The third-order valence-corrected chi connectivity index (χ3v) is 4.73. The maximum atomic E-state index is 12.5. The monoisotopic (exact) mass is 324 g/mol. The van der Waals surface area contributed by atoms with Crippen molar-refractivity contribution in [3.8, 4) is 0 Å². The minimum Gasteiger partial charge on any atom is -0.399 e. The fraction of sp³-hybridized carbons (Fsp3) is 0.500. The molecule has 3 unspecified atom stereocenters. The van der Waals surface area contributed by atoms with Crippen LogP contribution in [0.25, 0.3) is 0 Å². The number of nitrogens with zero attached hydrogens (tertiary/aromatic N) is 1. The lowest BCUT2D eigenvalue weighted by Gasteiger charge is -2.18. The van der Waals surface area contributed by atoms with Crippen molar-refractivity contribution in [2.75, 3.05) is 18.8 Å². The lowest BCUT2D eigenvalue weighted by atomic mass is 10.00. The van der Waals surface area contributed by atoms with Crippen LogP contribution in [0.5, 0.6) is 0 Å². The van der Waals surface area contributed by atoms with Gasteiger partial charge in [0.05, 0.1) is 6.10 Å². The van der Waals surface area contributed by atoms with E-state index >= 15 is 0 Å². The Morgan fingerprint density at radius 2 is 2.11 bits per heavy atom.